The van der Waals surface area contributed by atoms with E-state index in [2.05, 4.69) is 5.32 Å². The third kappa shape index (κ3) is 4.70. The lowest BCUT2D eigenvalue weighted by atomic mass is 10.3. The van der Waals surface area contributed by atoms with Crippen LogP contribution in [0.15, 0.2) is 24.3 Å². The normalized spacial score (nSPS) is 13.8. The number of anilines is 1. The first-order chi connectivity index (χ1) is 11.0. The Kier molecular flexibility index (Phi) is 5.56. The van der Waals surface area contributed by atoms with Crippen molar-refractivity contribution in [3.05, 3.63) is 24.3 Å². The van der Waals surface area contributed by atoms with Crippen LogP contribution in [0.2, 0.25) is 0 Å². The Morgan fingerprint density at radius 2 is 2.00 bits per heavy atom. The summed E-state index contributed by atoms with van der Waals surface area (Å²) in [6.07, 6.45) is 1.28. The van der Waals surface area contributed by atoms with Crippen LogP contribution in [0, 0.1) is 0 Å². The smallest absolute Gasteiger partial charge is 0.243 e. The molecule has 1 aromatic rings. The van der Waals surface area contributed by atoms with Crippen molar-refractivity contribution in [1.29, 1.82) is 0 Å². The van der Waals surface area contributed by atoms with E-state index in [9.17, 15) is 14.4 Å². The quantitative estimate of drug-likeness (QED) is 0.838. The summed E-state index contributed by atoms with van der Waals surface area (Å²) < 4.78 is 5.04. The van der Waals surface area contributed by atoms with Gasteiger partial charge in [-0.1, -0.05) is 0 Å². The summed E-state index contributed by atoms with van der Waals surface area (Å²) >= 11 is 0. The number of benzene rings is 1. The summed E-state index contributed by atoms with van der Waals surface area (Å²) in [4.78, 5) is 38.4. The highest BCUT2D eigenvalue weighted by Gasteiger charge is 2.24. The molecule has 1 heterocycles. The number of likely N-dealkylation sites (N-methyl/N-ethyl adjacent to an activating group) is 1. The number of carbonyl (C=O) groups excluding carboxylic acids is 3. The molecule has 1 saturated heterocycles. The van der Waals surface area contributed by atoms with Crippen molar-refractivity contribution in [2.24, 2.45) is 0 Å². The molecule has 0 saturated carbocycles. The average Bonchev–Trinajstić information content (AvgIpc) is 2.93. The van der Waals surface area contributed by atoms with Crippen LogP contribution in [0.4, 0.5) is 5.69 Å². The Labute approximate surface area is 135 Å². The van der Waals surface area contributed by atoms with Crippen LogP contribution in [0.25, 0.3) is 0 Å². The maximum Gasteiger partial charge on any atom is 0.243 e. The van der Waals surface area contributed by atoms with Gasteiger partial charge in [0.2, 0.25) is 17.7 Å². The maximum absolute atomic E-state index is 12.1. The predicted molar refractivity (Wildman–Crippen MR) is 85.1 cm³/mol. The molecule has 1 aliphatic heterocycles. The van der Waals surface area contributed by atoms with E-state index >= 15 is 0 Å². The van der Waals surface area contributed by atoms with Crippen LogP contribution >= 0.6 is 0 Å². The zero-order valence-electron chi connectivity index (χ0n) is 13.4. The molecular weight excluding hydrogens is 298 g/mol. The van der Waals surface area contributed by atoms with Gasteiger partial charge in [-0.25, -0.2) is 0 Å². The number of ether oxygens (including phenoxy) is 1. The highest BCUT2D eigenvalue weighted by molar-refractivity contribution is 5.95. The molecule has 7 nitrogen and oxygen atoms in total. The molecule has 124 valence electrons. The van der Waals surface area contributed by atoms with Gasteiger partial charge in [0.25, 0.3) is 0 Å². The summed E-state index contributed by atoms with van der Waals surface area (Å²) in [6.45, 7) is 0.578. The van der Waals surface area contributed by atoms with Gasteiger partial charge in [0.05, 0.1) is 20.2 Å². The van der Waals surface area contributed by atoms with Gasteiger partial charge in [-0.05, 0) is 30.7 Å². The fraction of sp³-hybridized carbons (Fsp3) is 0.438. The van der Waals surface area contributed by atoms with Crippen molar-refractivity contribution in [2.75, 3.05) is 39.1 Å². The van der Waals surface area contributed by atoms with Crippen LogP contribution in [-0.2, 0) is 14.4 Å². The number of rotatable bonds is 6. The molecule has 0 aliphatic carbocycles. The van der Waals surface area contributed by atoms with E-state index in [1.807, 2.05) is 0 Å². The fourth-order valence-corrected chi connectivity index (χ4v) is 2.33. The van der Waals surface area contributed by atoms with E-state index in [0.29, 0.717) is 24.4 Å². The number of hydrogen-bond donors (Lipinski definition) is 1. The number of amides is 3. The van der Waals surface area contributed by atoms with Crippen LogP contribution in [0.3, 0.4) is 0 Å². The Balaban J connectivity index is 1.81. The number of likely N-dealkylation sites (tertiary alicyclic amines) is 1. The molecule has 1 aromatic carbocycles. The standard InChI is InChI=1S/C16H21N3O4/c1-18(16(22)11-19-9-3-4-15(19)21)10-14(20)17-12-5-7-13(23-2)8-6-12/h5-8H,3-4,9-11H2,1-2H3,(H,17,20). The zero-order valence-corrected chi connectivity index (χ0v) is 13.4. The van der Waals surface area contributed by atoms with Gasteiger partial charge in [0, 0.05) is 25.7 Å². The average molecular weight is 319 g/mol. The first-order valence-corrected chi connectivity index (χ1v) is 7.45. The van der Waals surface area contributed by atoms with Crippen molar-refractivity contribution in [3.63, 3.8) is 0 Å². The van der Waals surface area contributed by atoms with Crippen molar-refractivity contribution >= 4 is 23.4 Å². The third-order valence-corrected chi connectivity index (χ3v) is 3.68. The number of nitrogens with zero attached hydrogens (tertiary/aromatic N) is 2. The minimum atomic E-state index is -0.293. The minimum Gasteiger partial charge on any atom is -0.497 e. The topological polar surface area (TPSA) is 79.0 Å². The second kappa shape index (κ2) is 7.62. The first kappa shape index (κ1) is 16.8. The Bertz CT molecular complexity index is 585. The van der Waals surface area contributed by atoms with Gasteiger partial charge < -0.3 is 19.9 Å². The second-order valence-corrected chi connectivity index (χ2v) is 5.45. The van der Waals surface area contributed by atoms with Crippen LogP contribution in [0.1, 0.15) is 12.8 Å². The SMILES string of the molecule is COc1ccc(NC(=O)CN(C)C(=O)CN2CCCC2=O)cc1. The van der Waals surface area contributed by atoms with Crippen LogP contribution < -0.4 is 10.1 Å². The number of carbonyl (C=O) groups is 3. The molecule has 0 unspecified atom stereocenters. The van der Waals surface area contributed by atoms with Gasteiger partial charge in [-0.2, -0.15) is 0 Å². The fourth-order valence-electron chi connectivity index (χ4n) is 2.33. The molecule has 0 atom stereocenters. The molecule has 7 heteroatoms. The molecule has 23 heavy (non-hydrogen) atoms. The Morgan fingerprint density at radius 1 is 1.30 bits per heavy atom. The van der Waals surface area contributed by atoms with Crippen molar-refractivity contribution < 1.29 is 19.1 Å². The number of nitrogens with one attached hydrogen (secondary N) is 1. The lowest BCUT2D eigenvalue weighted by Gasteiger charge is -2.21. The molecule has 1 fully saturated rings. The van der Waals surface area contributed by atoms with Crippen LogP contribution in [0.5, 0.6) is 5.75 Å². The summed E-state index contributed by atoms with van der Waals surface area (Å²) in [5.41, 5.74) is 0.631. The molecule has 0 aromatic heterocycles. The van der Waals surface area contributed by atoms with E-state index in [4.69, 9.17) is 4.74 Å². The zero-order chi connectivity index (χ0) is 16.8. The largest absolute Gasteiger partial charge is 0.497 e. The highest BCUT2D eigenvalue weighted by Crippen LogP contribution is 2.15. The van der Waals surface area contributed by atoms with Gasteiger partial charge in [-0.3, -0.25) is 14.4 Å². The number of hydrogen-bond acceptors (Lipinski definition) is 4. The van der Waals surface area contributed by atoms with Crippen LogP contribution in [-0.4, -0.2) is 61.3 Å². The van der Waals surface area contributed by atoms with Gasteiger partial charge in [0.15, 0.2) is 0 Å². The predicted octanol–water partition coefficient (Wildman–Crippen LogP) is 0.714. The lowest BCUT2D eigenvalue weighted by Crippen LogP contribution is -2.42. The molecule has 0 bridgehead atoms. The molecule has 1 N–H and O–H groups in total. The second-order valence-electron chi connectivity index (χ2n) is 5.45. The summed E-state index contributed by atoms with van der Waals surface area (Å²) in [5, 5.41) is 2.71. The lowest BCUT2D eigenvalue weighted by molar-refractivity contribution is -0.138. The van der Waals surface area contributed by atoms with E-state index < -0.39 is 0 Å². The molecule has 0 spiro atoms. The Morgan fingerprint density at radius 3 is 2.57 bits per heavy atom. The van der Waals surface area contributed by atoms with Gasteiger partial charge >= 0.3 is 0 Å². The third-order valence-electron chi connectivity index (χ3n) is 3.68. The van der Waals surface area contributed by atoms with Gasteiger partial charge in [0.1, 0.15) is 5.75 Å². The Hall–Kier alpha value is -2.57. The first-order valence-electron chi connectivity index (χ1n) is 7.45. The molecular formula is C16H21N3O4. The van der Waals surface area contributed by atoms with E-state index in [0.717, 1.165) is 6.42 Å². The molecule has 3 amide bonds. The van der Waals surface area contributed by atoms with Crippen molar-refractivity contribution in [1.82, 2.24) is 9.80 Å². The highest BCUT2D eigenvalue weighted by atomic mass is 16.5. The van der Waals surface area contributed by atoms with Crippen molar-refractivity contribution in [2.45, 2.75) is 12.8 Å². The van der Waals surface area contributed by atoms with Gasteiger partial charge in [-0.15, -0.1) is 0 Å². The number of methoxy groups -OCH3 is 1. The summed E-state index contributed by atoms with van der Waals surface area (Å²) in [6, 6.07) is 6.93. The maximum atomic E-state index is 12.1. The van der Waals surface area contributed by atoms with E-state index in [1.165, 1.54) is 9.80 Å². The van der Waals surface area contributed by atoms with E-state index in [1.54, 1.807) is 38.4 Å². The molecule has 2 rings (SSSR count). The monoisotopic (exact) mass is 319 g/mol. The summed E-state index contributed by atoms with van der Waals surface area (Å²) in [7, 11) is 3.12. The minimum absolute atomic E-state index is 0.00515. The molecule has 0 radical (unpaired) electrons. The van der Waals surface area contributed by atoms with E-state index in [-0.39, 0.29) is 30.8 Å². The van der Waals surface area contributed by atoms with Crippen molar-refractivity contribution in [3.8, 4) is 5.75 Å². The summed E-state index contributed by atoms with van der Waals surface area (Å²) in [5.74, 6) is 0.156. The molecule has 1 aliphatic rings.